The molecular weight excluding hydrogens is 695 g/mol. The van der Waals surface area contributed by atoms with Crippen LogP contribution in [0.25, 0.3) is 0 Å². The van der Waals surface area contributed by atoms with Crippen molar-refractivity contribution in [2.75, 3.05) is 26.4 Å². The predicted molar refractivity (Wildman–Crippen MR) is 214 cm³/mol. The molecule has 0 saturated carbocycles. The van der Waals surface area contributed by atoms with Crippen molar-refractivity contribution in [1.29, 1.82) is 0 Å². The van der Waals surface area contributed by atoms with Crippen molar-refractivity contribution in [2.24, 2.45) is 0 Å². The van der Waals surface area contributed by atoms with E-state index >= 15 is 0 Å². The number of phosphoric acid groups is 1. The minimum absolute atomic E-state index is 0.152. The maximum Gasteiger partial charge on any atom is 0.472 e. The van der Waals surface area contributed by atoms with Crippen molar-refractivity contribution < 1.29 is 47.8 Å². The van der Waals surface area contributed by atoms with Gasteiger partial charge in [-0.25, -0.2) is 4.57 Å². The highest BCUT2D eigenvalue weighted by atomic mass is 31.2. The maximum atomic E-state index is 12.6. The van der Waals surface area contributed by atoms with Crippen molar-refractivity contribution >= 4 is 19.8 Å². The van der Waals surface area contributed by atoms with E-state index in [1.807, 2.05) is 0 Å². The summed E-state index contributed by atoms with van der Waals surface area (Å²) < 4.78 is 32.6. The van der Waals surface area contributed by atoms with Crippen LogP contribution in [-0.2, 0) is 32.7 Å². The molecule has 0 aromatic rings. The molecule has 53 heavy (non-hydrogen) atoms. The third-order valence-electron chi connectivity index (χ3n) is 8.16. The molecule has 0 aliphatic carbocycles. The molecule has 3 atom stereocenters. The molecule has 10 nitrogen and oxygen atoms in total. The largest absolute Gasteiger partial charge is 0.472 e. The molecule has 0 aliphatic heterocycles. The van der Waals surface area contributed by atoms with Gasteiger partial charge in [0.1, 0.15) is 12.7 Å². The van der Waals surface area contributed by atoms with E-state index in [1.165, 1.54) is 25.7 Å². The second-order valence-corrected chi connectivity index (χ2v) is 14.7. The minimum Gasteiger partial charge on any atom is -0.462 e. The number of phosphoric ester groups is 1. The standard InChI is InChI=1S/C42H73O10P/c1-3-5-7-9-11-13-15-17-18-19-20-22-24-26-28-30-32-34-42(46)52-40(38-51-53(47,48)50-36-39(44)35-43)37-49-41(45)33-31-29-27-25-23-21-16-14-12-10-8-6-4-2/h5,7,11,13-14,16-18,20,22,39-40,43-44H,3-4,6,8-10,12,15,19,21,23-38H2,1-2H3,(H,47,48)/b7-5-,13-11-,16-14-,18-17-,22-20-. The van der Waals surface area contributed by atoms with E-state index in [4.69, 9.17) is 19.1 Å². The lowest BCUT2D eigenvalue weighted by molar-refractivity contribution is -0.161. The second-order valence-electron chi connectivity index (χ2n) is 13.3. The molecule has 0 aromatic heterocycles. The Kier molecular flexibility index (Phi) is 36.3. The summed E-state index contributed by atoms with van der Waals surface area (Å²) in [4.78, 5) is 34.9. The summed E-state index contributed by atoms with van der Waals surface area (Å²) in [5.74, 6) is -0.968. The fourth-order valence-electron chi connectivity index (χ4n) is 5.04. The number of hydrogen-bond acceptors (Lipinski definition) is 9. The average molecular weight is 769 g/mol. The van der Waals surface area contributed by atoms with Gasteiger partial charge in [-0.15, -0.1) is 0 Å². The number of hydrogen-bond donors (Lipinski definition) is 3. The number of allylic oxidation sites excluding steroid dienone is 10. The van der Waals surface area contributed by atoms with E-state index in [2.05, 4.69) is 79.1 Å². The van der Waals surface area contributed by atoms with Crippen molar-refractivity contribution in [3.05, 3.63) is 60.8 Å². The monoisotopic (exact) mass is 768 g/mol. The van der Waals surface area contributed by atoms with Gasteiger partial charge in [0.05, 0.1) is 19.8 Å². The summed E-state index contributed by atoms with van der Waals surface area (Å²) >= 11 is 0. The van der Waals surface area contributed by atoms with Gasteiger partial charge in [-0.2, -0.15) is 0 Å². The first-order valence-corrected chi connectivity index (χ1v) is 21.7. The summed E-state index contributed by atoms with van der Waals surface area (Å²) in [5.41, 5.74) is 0. The van der Waals surface area contributed by atoms with Gasteiger partial charge < -0.3 is 24.6 Å². The van der Waals surface area contributed by atoms with Crippen LogP contribution in [0.2, 0.25) is 0 Å². The first kappa shape index (κ1) is 50.7. The Morgan fingerprint density at radius 2 is 1.04 bits per heavy atom. The molecule has 0 radical (unpaired) electrons. The van der Waals surface area contributed by atoms with Crippen LogP contribution < -0.4 is 0 Å². The fraction of sp³-hybridized carbons (Fsp3) is 0.714. The molecule has 3 N–H and O–H groups in total. The molecule has 0 aliphatic rings. The number of carbonyl (C=O) groups excluding carboxylic acids is 2. The smallest absolute Gasteiger partial charge is 0.462 e. The summed E-state index contributed by atoms with van der Waals surface area (Å²) in [6, 6.07) is 0. The van der Waals surface area contributed by atoms with Crippen molar-refractivity contribution in [1.82, 2.24) is 0 Å². The molecule has 0 aromatic carbocycles. The van der Waals surface area contributed by atoms with Crippen LogP contribution in [0.1, 0.15) is 155 Å². The van der Waals surface area contributed by atoms with Gasteiger partial charge in [0.25, 0.3) is 0 Å². The molecule has 0 fully saturated rings. The third kappa shape index (κ3) is 37.8. The van der Waals surface area contributed by atoms with E-state index in [0.29, 0.717) is 12.8 Å². The average Bonchev–Trinajstić information content (AvgIpc) is 3.14. The molecule has 0 amide bonds. The van der Waals surface area contributed by atoms with Crippen molar-refractivity contribution in [3.8, 4) is 0 Å². The van der Waals surface area contributed by atoms with Crippen LogP contribution in [0, 0.1) is 0 Å². The van der Waals surface area contributed by atoms with Gasteiger partial charge in [0.15, 0.2) is 6.10 Å². The first-order chi connectivity index (χ1) is 25.7. The van der Waals surface area contributed by atoms with E-state index in [1.54, 1.807) is 0 Å². The first-order valence-electron chi connectivity index (χ1n) is 20.2. The molecule has 11 heteroatoms. The number of esters is 2. The molecule has 306 valence electrons. The number of aliphatic hydroxyl groups is 2. The highest BCUT2D eigenvalue weighted by molar-refractivity contribution is 7.47. The van der Waals surface area contributed by atoms with Crippen LogP contribution in [0.4, 0.5) is 0 Å². The van der Waals surface area contributed by atoms with Crippen molar-refractivity contribution in [2.45, 2.75) is 167 Å². The van der Waals surface area contributed by atoms with E-state index in [-0.39, 0.29) is 19.4 Å². The summed E-state index contributed by atoms with van der Waals surface area (Å²) in [7, 11) is -4.62. The lowest BCUT2D eigenvalue weighted by atomic mass is 10.1. The van der Waals surface area contributed by atoms with Crippen LogP contribution in [0.15, 0.2) is 60.8 Å². The second kappa shape index (κ2) is 38.0. The lowest BCUT2D eigenvalue weighted by Crippen LogP contribution is -2.29. The number of carbonyl (C=O) groups is 2. The zero-order valence-corrected chi connectivity index (χ0v) is 33.9. The van der Waals surface area contributed by atoms with Gasteiger partial charge in [-0.1, -0.05) is 126 Å². The third-order valence-corrected chi connectivity index (χ3v) is 9.11. The van der Waals surface area contributed by atoms with Gasteiger partial charge in [-0.3, -0.25) is 18.6 Å². The molecule has 0 bridgehead atoms. The van der Waals surface area contributed by atoms with Crippen LogP contribution in [-0.4, -0.2) is 65.7 Å². The van der Waals surface area contributed by atoms with E-state index in [9.17, 15) is 24.2 Å². The number of aliphatic hydroxyl groups excluding tert-OH is 2. The van der Waals surface area contributed by atoms with Crippen molar-refractivity contribution in [3.63, 3.8) is 0 Å². The zero-order valence-electron chi connectivity index (χ0n) is 33.0. The zero-order chi connectivity index (χ0) is 39.1. The van der Waals surface area contributed by atoms with Crippen LogP contribution in [0.5, 0.6) is 0 Å². The Balaban J connectivity index is 4.41. The molecular formula is C42H73O10P. The quantitative estimate of drug-likeness (QED) is 0.0241. The predicted octanol–water partition coefficient (Wildman–Crippen LogP) is 10.3. The highest BCUT2D eigenvalue weighted by Gasteiger charge is 2.27. The normalized spacial score (nSPS) is 14.6. The number of ether oxygens (including phenoxy) is 2. The molecule has 0 heterocycles. The molecule has 0 saturated heterocycles. The summed E-state index contributed by atoms with van der Waals surface area (Å²) in [6.45, 7) is 2.19. The Morgan fingerprint density at radius 1 is 0.585 bits per heavy atom. The minimum atomic E-state index is -4.62. The van der Waals surface area contributed by atoms with E-state index in [0.717, 1.165) is 89.9 Å². The number of unbranched alkanes of at least 4 members (excludes halogenated alkanes) is 13. The Labute approximate surface area is 321 Å². The van der Waals surface area contributed by atoms with Gasteiger partial charge in [-0.05, 0) is 77.0 Å². The summed E-state index contributed by atoms with van der Waals surface area (Å²) in [5, 5.41) is 18.3. The van der Waals surface area contributed by atoms with Gasteiger partial charge in [0.2, 0.25) is 0 Å². The maximum absolute atomic E-state index is 12.6. The Morgan fingerprint density at radius 3 is 1.58 bits per heavy atom. The Hall–Kier alpha value is -2.33. The van der Waals surface area contributed by atoms with E-state index < -0.39 is 51.8 Å². The van der Waals surface area contributed by atoms with Crippen LogP contribution >= 0.6 is 7.82 Å². The van der Waals surface area contributed by atoms with Crippen LogP contribution in [0.3, 0.4) is 0 Å². The Bertz CT molecular complexity index is 1070. The van der Waals surface area contributed by atoms with Gasteiger partial charge in [0, 0.05) is 12.8 Å². The summed E-state index contributed by atoms with van der Waals surface area (Å²) in [6.07, 6.45) is 40.4. The SMILES string of the molecule is CC/C=C\C/C=C\C/C=C\C/C=C\CCCCCCC(=O)OC(COC(=O)CCCCCCC/C=C\CCCCCC)COP(=O)(O)OCC(O)CO. The molecule has 3 unspecified atom stereocenters. The topological polar surface area (TPSA) is 149 Å². The molecule has 0 spiro atoms. The number of rotatable bonds is 37. The highest BCUT2D eigenvalue weighted by Crippen LogP contribution is 2.43. The fourth-order valence-corrected chi connectivity index (χ4v) is 5.83. The van der Waals surface area contributed by atoms with Gasteiger partial charge >= 0.3 is 19.8 Å². The molecule has 0 rings (SSSR count). The lowest BCUT2D eigenvalue weighted by Gasteiger charge is -2.20.